The highest BCUT2D eigenvalue weighted by Crippen LogP contribution is 2.36. The Balaban J connectivity index is 2.29. The minimum Gasteiger partial charge on any atom is -0.493 e. The molecule has 1 aliphatic rings. The van der Waals surface area contributed by atoms with Crippen molar-refractivity contribution in [3.05, 3.63) is 23.8 Å². The van der Waals surface area contributed by atoms with Gasteiger partial charge in [0.1, 0.15) is 0 Å². The van der Waals surface area contributed by atoms with Gasteiger partial charge < -0.3 is 19.7 Å². The monoisotopic (exact) mass is 293 g/mol. The van der Waals surface area contributed by atoms with E-state index in [2.05, 4.69) is 28.2 Å². The van der Waals surface area contributed by atoms with Gasteiger partial charge in [0.25, 0.3) is 0 Å². The number of nitrogens with zero attached hydrogens (tertiary/aromatic N) is 2. The Hall–Kier alpha value is -1.30. The van der Waals surface area contributed by atoms with E-state index in [0.717, 1.165) is 44.2 Å². The van der Waals surface area contributed by atoms with E-state index >= 15 is 0 Å². The van der Waals surface area contributed by atoms with Crippen molar-refractivity contribution in [1.29, 1.82) is 0 Å². The minimum atomic E-state index is 0.300. The number of nitrogens with one attached hydrogen (secondary N) is 1. The Morgan fingerprint density at radius 3 is 2.43 bits per heavy atom. The molecule has 1 aromatic carbocycles. The molecular weight excluding hydrogens is 266 g/mol. The second-order valence-electron chi connectivity index (χ2n) is 5.50. The van der Waals surface area contributed by atoms with Crippen LogP contribution in [0.25, 0.3) is 0 Å². The topological polar surface area (TPSA) is 37.0 Å². The molecule has 1 aliphatic heterocycles. The van der Waals surface area contributed by atoms with Crippen LogP contribution in [-0.2, 0) is 0 Å². The Morgan fingerprint density at radius 2 is 1.86 bits per heavy atom. The van der Waals surface area contributed by atoms with Crippen LogP contribution in [0.1, 0.15) is 11.6 Å². The summed E-state index contributed by atoms with van der Waals surface area (Å²) in [6.07, 6.45) is 0. The van der Waals surface area contributed by atoms with Crippen molar-refractivity contribution >= 4 is 0 Å². The minimum absolute atomic E-state index is 0.300. The summed E-state index contributed by atoms with van der Waals surface area (Å²) in [6.45, 7) is 5.25. The summed E-state index contributed by atoms with van der Waals surface area (Å²) >= 11 is 0. The van der Waals surface area contributed by atoms with Gasteiger partial charge in [-0.05, 0) is 20.2 Å². The first-order valence-corrected chi connectivity index (χ1v) is 7.49. The van der Waals surface area contributed by atoms with Gasteiger partial charge in [-0.1, -0.05) is 12.1 Å². The van der Waals surface area contributed by atoms with Crippen LogP contribution in [-0.4, -0.2) is 70.8 Å². The van der Waals surface area contributed by atoms with Crippen molar-refractivity contribution < 1.29 is 9.47 Å². The highest BCUT2D eigenvalue weighted by molar-refractivity contribution is 5.48. The zero-order chi connectivity index (χ0) is 15.2. The number of methoxy groups -OCH3 is 2. The molecule has 1 unspecified atom stereocenters. The number of likely N-dealkylation sites (N-methyl/N-ethyl adjacent to an activating group) is 2. The van der Waals surface area contributed by atoms with Crippen LogP contribution >= 0.6 is 0 Å². The predicted octanol–water partition coefficient (Wildman–Crippen LogP) is 1.21. The number of hydrogen-bond acceptors (Lipinski definition) is 5. The van der Waals surface area contributed by atoms with Crippen molar-refractivity contribution in [3.63, 3.8) is 0 Å². The molecule has 0 aromatic heterocycles. The van der Waals surface area contributed by atoms with E-state index in [9.17, 15) is 0 Å². The predicted molar refractivity (Wildman–Crippen MR) is 85.3 cm³/mol. The maximum atomic E-state index is 5.62. The van der Waals surface area contributed by atoms with E-state index < -0.39 is 0 Å². The van der Waals surface area contributed by atoms with Crippen LogP contribution in [0.4, 0.5) is 0 Å². The zero-order valence-corrected chi connectivity index (χ0v) is 13.6. The summed E-state index contributed by atoms with van der Waals surface area (Å²) in [5, 5.41) is 3.31. The zero-order valence-electron chi connectivity index (χ0n) is 13.6. The van der Waals surface area contributed by atoms with E-state index in [0.29, 0.717) is 6.04 Å². The summed E-state index contributed by atoms with van der Waals surface area (Å²) in [5.74, 6) is 1.64. The average molecular weight is 293 g/mol. The molecule has 1 N–H and O–H groups in total. The molecule has 0 radical (unpaired) electrons. The lowest BCUT2D eigenvalue weighted by Crippen LogP contribution is -2.47. The van der Waals surface area contributed by atoms with Gasteiger partial charge in [0.2, 0.25) is 0 Å². The summed E-state index contributed by atoms with van der Waals surface area (Å²) < 4.78 is 11.1. The molecule has 5 nitrogen and oxygen atoms in total. The van der Waals surface area contributed by atoms with Crippen molar-refractivity contribution in [1.82, 2.24) is 15.1 Å². The molecule has 0 amide bonds. The Kier molecular flexibility index (Phi) is 5.85. The van der Waals surface area contributed by atoms with Gasteiger partial charge in [-0.15, -0.1) is 0 Å². The molecular formula is C16H27N3O2. The first-order chi connectivity index (χ1) is 10.2. The molecule has 0 aliphatic carbocycles. The normalized spacial score (nSPS) is 18.5. The summed E-state index contributed by atoms with van der Waals surface area (Å²) in [6, 6.07) is 6.42. The first kappa shape index (κ1) is 16.1. The smallest absolute Gasteiger partial charge is 0.165 e. The number of benzene rings is 1. The third kappa shape index (κ3) is 3.67. The molecule has 1 fully saturated rings. The highest BCUT2D eigenvalue weighted by atomic mass is 16.5. The lowest BCUT2D eigenvalue weighted by atomic mass is 10.0. The van der Waals surface area contributed by atoms with Gasteiger partial charge >= 0.3 is 0 Å². The summed E-state index contributed by atoms with van der Waals surface area (Å²) in [7, 11) is 7.57. The van der Waals surface area contributed by atoms with Crippen LogP contribution in [0.5, 0.6) is 11.5 Å². The van der Waals surface area contributed by atoms with Crippen LogP contribution in [0.15, 0.2) is 18.2 Å². The SMILES string of the molecule is CNCC(c1cccc(OC)c1OC)N1CCN(C)CC1. The van der Waals surface area contributed by atoms with E-state index in [4.69, 9.17) is 9.47 Å². The largest absolute Gasteiger partial charge is 0.493 e. The van der Waals surface area contributed by atoms with Gasteiger partial charge in [-0.25, -0.2) is 0 Å². The lowest BCUT2D eigenvalue weighted by molar-refractivity contribution is 0.109. The summed E-state index contributed by atoms with van der Waals surface area (Å²) in [4.78, 5) is 4.89. The Bertz CT molecular complexity index is 445. The number of para-hydroxylation sites is 1. The molecule has 1 heterocycles. The van der Waals surface area contributed by atoms with Crippen LogP contribution in [0.3, 0.4) is 0 Å². The second kappa shape index (κ2) is 7.64. The van der Waals surface area contributed by atoms with E-state index in [1.54, 1.807) is 14.2 Å². The molecule has 0 bridgehead atoms. The highest BCUT2D eigenvalue weighted by Gasteiger charge is 2.26. The number of ether oxygens (including phenoxy) is 2. The molecule has 0 saturated carbocycles. The van der Waals surface area contributed by atoms with Crippen LogP contribution in [0, 0.1) is 0 Å². The molecule has 1 saturated heterocycles. The van der Waals surface area contributed by atoms with E-state index in [1.165, 1.54) is 5.56 Å². The van der Waals surface area contributed by atoms with Gasteiger partial charge in [-0.3, -0.25) is 4.90 Å². The maximum Gasteiger partial charge on any atom is 0.165 e. The third-order valence-electron chi connectivity index (χ3n) is 4.17. The number of piperazine rings is 1. The fourth-order valence-electron chi connectivity index (χ4n) is 2.94. The lowest BCUT2D eigenvalue weighted by Gasteiger charge is -2.38. The fraction of sp³-hybridized carbons (Fsp3) is 0.625. The van der Waals surface area contributed by atoms with Crippen LogP contribution < -0.4 is 14.8 Å². The first-order valence-electron chi connectivity index (χ1n) is 7.49. The molecule has 21 heavy (non-hydrogen) atoms. The van der Waals surface area contributed by atoms with Gasteiger partial charge in [-0.2, -0.15) is 0 Å². The van der Waals surface area contributed by atoms with E-state index in [1.807, 2.05) is 19.2 Å². The number of rotatable bonds is 6. The second-order valence-corrected chi connectivity index (χ2v) is 5.50. The van der Waals surface area contributed by atoms with Crippen molar-refractivity contribution in [2.75, 3.05) is 61.0 Å². The van der Waals surface area contributed by atoms with Crippen LogP contribution in [0.2, 0.25) is 0 Å². The molecule has 1 aromatic rings. The molecule has 0 spiro atoms. The molecule has 1 atom stereocenters. The molecule has 2 rings (SSSR count). The van der Waals surface area contributed by atoms with Gasteiger partial charge in [0.05, 0.1) is 20.3 Å². The van der Waals surface area contributed by atoms with Crippen molar-refractivity contribution in [3.8, 4) is 11.5 Å². The fourth-order valence-corrected chi connectivity index (χ4v) is 2.94. The van der Waals surface area contributed by atoms with Crippen molar-refractivity contribution in [2.24, 2.45) is 0 Å². The molecule has 5 heteroatoms. The maximum absolute atomic E-state index is 5.62. The van der Waals surface area contributed by atoms with Crippen molar-refractivity contribution in [2.45, 2.75) is 6.04 Å². The average Bonchev–Trinajstić information content (AvgIpc) is 2.52. The Morgan fingerprint density at radius 1 is 1.14 bits per heavy atom. The Labute approximate surface area is 127 Å². The number of hydrogen-bond donors (Lipinski definition) is 1. The van der Waals surface area contributed by atoms with Gasteiger partial charge in [0, 0.05) is 38.3 Å². The van der Waals surface area contributed by atoms with E-state index in [-0.39, 0.29) is 0 Å². The summed E-state index contributed by atoms with van der Waals surface area (Å²) in [5.41, 5.74) is 1.19. The standard InChI is InChI=1S/C16H27N3O2/c1-17-12-14(19-10-8-18(2)9-11-19)13-6-5-7-15(20-3)16(13)21-4/h5-7,14,17H,8-12H2,1-4H3. The molecule has 118 valence electrons. The third-order valence-corrected chi connectivity index (χ3v) is 4.17. The van der Waals surface area contributed by atoms with Gasteiger partial charge in [0.15, 0.2) is 11.5 Å². The quantitative estimate of drug-likeness (QED) is 0.853.